The molecule has 0 radical (unpaired) electrons. The summed E-state index contributed by atoms with van der Waals surface area (Å²) in [5, 5.41) is 0. The Morgan fingerprint density at radius 3 is 2.25 bits per heavy atom. The average Bonchev–Trinajstić information content (AvgIpc) is 2.59. The second-order valence-electron chi connectivity index (χ2n) is 5.79. The van der Waals surface area contributed by atoms with Crippen LogP contribution in [-0.2, 0) is 4.79 Å². The Hall–Kier alpha value is -1.91. The van der Waals surface area contributed by atoms with Crippen molar-refractivity contribution in [3.63, 3.8) is 0 Å². The van der Waals surface area contributed by atoms with E-state index in [-0.39, 0.29) is 36.2 Å². The number of carbonyl (C=O) groups is 1. The monoisotopic (exact) mass is 350 g/mol. The fourth-order valence-electron chi connectivity index (χ4n) is 2.50. The number of benzene rings is 2. The van der Waals surface area contributed by atoms with E-state index in [2.05, 4.69) is 0 Å². The molecular weight excluding hydrogens is 327 g/mol. The van der Waals surface area contributed by atoms with Crippen molar-refractivity contribution in [2.24, 2.45) is 5.73 Å². The van der Waals surface area contributed by atoms with Crippen LogP contribution in [0.1, 0.15) is 43.0 Å². The van der Waals surface area contributed by atoms with Crippen molar-refractivity contribution in [3.05, 3.63) is 71.5 Å². The van der Waals surface area contributed by atoms with Crippen molar-refractivity contribution >= 4 is 18.3 Å². The predicted octanol–water partition coefficient (Wildman–Crippen LogP) is 4.25. The summed E-state index contributed by atoms with van der Waals surface area (Å²) in [6.07, 6.45) is 0.988. The third kappa shape index (κ3) is 5.32. The molecule has 0 spiro atoms. The SMILES string of the molecule is CC(c1ccc(F)cc1)N(C)C(=O)CCC(N)c1ccccc1.Cl. The first kappa shape index (κ1) is 20.1. The van der Waals surface area contributed by atoms with Crippen molar-refractivity contribution in [2.75, 3.05) is 7.05 Å². The lowest BCUT2D eigenvalue weighted by Gasteiger charge is -2.26. The molecule has 0 aliphatic rings. The van der Waals surface area contributed by atoms with E-state index in [0.29, 0.717) is 12.8 Å². The number of halogens is 2. The highest BCUT2D eigenvalue weighted by Gasteiger charge is 2.18. The highest BCUT2D eigenvalue weighted by molar-refractivity contribution is 5.85. The number of hydrogen-bond acceptors (Lipinski definition) is 2. The van der Waals surface area contributed by atoms with E-state index >= 15 is 0 Å². The number of hydrogen-bond donors (Lipinski definition) is 1. The Morgan fingerprint density at radius 2 is 1.67 bits per heavy atom. The number of rotatable bonds is 6. The van der Waals surface area contributed by atoms with E-state index in [1.54, 1.807) is 24.1 Å². The smallest absolute Gasteiger partial charge is 0.222 e. The van der Waals surface area contributed by atoms with Crippen LogP contribution in [0.15, 0.2) is 54.6 Å². The van der Waals surface area contributed by atoms with Crippen LogP contribution in [0.4, 0.5) is 4.39 Å². The van der Waals surface area contributed by atoms with Gasteiger partial charge in [-0.15, -0.1) is 12.4 Å². The minimum atomic E-state index is -0.274. The van der Waals surface area contributed by atoms with Crippen molar-refractivity contribution in [3.8, 4) is 0 Å². The Labute approximate surface area is 149 Å². The van der Waals surface area contributed by atoms with Crippen LogP contribution in [0.2, 0.25) is 0 Å². The maximum atomic E-state index is 13.0. The van der Waals surface area contributed by atoms with E-state index in [4.69, 9.17) is 5.73 Å². The second kappa shape index (κ2) is 9.40. The molecule has 0 saturated heterocycles. The Morgan fingerprint density at radius 1 is 1.08 bits per heavy atom. The highest BCUT2D eigenvalue weighted by Crippen LogP contribution is 2.21. The minimum Gasteiger partial charge on any atom is -0.339 e. The molecule has 2 atom stereocenters. The molecule has 0 aliphatic carbocycles. The first-order chi connectivity index (χ1) is 11.0. The Balaban J connectivity index is 0.00000288. The summed E-state index contributed by atoms with van der Waals surface area (Å²) in [5.41, 5.74) is 8.08. The minimum absolute atomic E-state index is 0. The van der Waals surface area contributed by atoms with Crippen LogP contribution in [0, 0.1) is 5.82 Å². The standard InChI is InChI=1S/C19H23FN2O.ClH/c1-14(15-8-10-17(20)11-9-15)22(2)19(23)13-12-18(21)16-6-4-3-5-7-16;/h3-11,14,18H,12-13,21H2,1-2H3;1H. The van der Waals surface area contributed by atoms with Gasteiger partial charge in [-0.25, -0.2) is 4.39 Å². The maximum Gasteiger partial charge on any atom is 0.222 e. The number of amides is 1. The summed E-state index contributed by atoms with van der Waals surface area (Å²) in [6, 6.07) is 15.8. The highest BCUT2D eigenvalue weighted by atomic mass is 35.5. The van der Waals surface area contributed by atoms with Gasteiger partial charge in [-0.2, -0.15) is 0 Å². The molecule has 2 unspecified atom stereocenters. The molecule has 2 N–H and O–H groups in total. The molecule has 2 aromatic rings. The lowest BCUT2D eigenvalue weighted by atomic mass is 10.0. The molecule has 0 aromatic heterocycles. The largest absolute Gasteiger partial charge is 0.339 e. The lowest BCUT2D eigenvalue weighted by Crippen LogP contribution is -2.30. The van der Waals surface area contributed by atoms with Gasteiger partial charge in [-0.05, 0) is 36.6 Å². The van der Waals surface area contributed by atoms with Gasteiger partial charge >= 0.3 is 0 Å². The molecule has 0 heterocycles. The number of nitrogens with zero attached hydrogens (tertiary/aromatic N) is 1. The molecule has 24 heavy (non-hydrogen) atoms. The molecule has 1 amide bonds. The summed E-state index contributed by atoms with van der Waals surface area (Å²) in [7, 11) is 1.77. The lowest BCUT2D eigenvalue weighted by molar-refractivity contribution is -0.132. The van der Waals surface area contributed by atoms with Gasteiger partial charge in [0.15, 0.2) is 0 Å². The molecule has 2 aromatic carbocycles. The quantitative estimate of drug-likeness (QED) is 0.846. The van der Waals surface area contributed by atoms with Crippen molar-refractivity contribution in [1.29, 1.82) is 0 Å². The summed E-state index contributed by atoms with van der Waals surface area (Å²) >= 11 is 0. The molecule has 0 fully saturated rings. The van der Waals surface area contributed by atoms with Gasteiger partial charge in [-0.3, -0.25) is 4.79 Å². The van der Waals surface area contributed by atoms with E-state index in [0.717, 1.165) is 11.1 Å². The van der Waals surface area contributed by atoms with Gasteiger partial charge < -0.3 is 10.6 Å². The molecule has 3 nitrogen and oxygen atoms in total. The first-order valence-electron chi connectivity index (χ1n) is 7.80. The normalized spacial score (nSPS) is 12.8. The summed E-state index contributed by atoms with van der Waals surface area (Å²) in [5.74, 6) is -0.239. The number of carbonyl (C=O) groups excluding carboxylic acids is 1. The van der Waals surface area contributed by atoms with Gasteiger partial charge in [0.05, 0.1) is 6.04 Å². The van der Waals surface area contributed by atoms with E-state index in [9.17, 15) is 9.18 Å². The van der Waals surface area contributed by atoms with Crippen molar-refractivity contribution in [2.45, 2.75) is 31.8 Å². The zero-order valence-electron chi connectivity index (χ0n) is 14.0. The molecule has 0 bridgehead atoms. The third-order valence-electron chi connectivity index (χ3n) is 4.22. The van der Waals surface area contributed by atoms with Crippen molar-refractivity contribution in [1.82, 2.24) is 4.90 Å². The van der Waals surface area contributed by atoms with Gasteiger partial charge in [0.25, 0.3) is 0 Å². The Kier molecular flexibility index (Phi) is 7.89. The fraction of sp³-hybridized carbons (Fsp3) is 0.316. The van der Waals surface area contributed by atoms with E-state index < -0.39 is 0 Å². The summed E-state index contributed by atoms with van der Waals surface area (Å²) in [4.78, 5) is 14.0. The maximum absolute atomic E-state index is 13.0. The Bertz CT molecular complexity index is 634. The van der Waals surface area contributed by atoms with Gasteiger partial charge in [-0.1, -0.05) is 42.5 Å². The van der Waals surface area contributed by atoms with Crippen molar-refractivity contribution < 1.29 is 9.18 Å². The average molecular weight is 351 g/mol. The van der Waals surface area contributed by atoms with E-state index in [1.807, 2.05) is 37.3 Å². The first-order valence-corrected chi connectivity index (χ1v) is 7.80. The summed E-state index contributed by atoms with van der Waals surface area (Å²) in [6.45, 7) is 1.93. The molecule has 0 aliphatic heterocycles. The molecule has 0 saturated carbocycles. The molecular formula is C19H24ClFN2O. The van der Waals surface area contributed by atoms with Crippen LogP contribution in [0.3, 0.4) is 0 Å². The van der Waals surface area contributed by atoms with Crippen LogP contribution >= 0.6 is 12.4 Å². The second-order valence-corrected chi connectivity index (χ2v) is 5.79. The number of nitrogens with two attached hydrogens (primary N) is 1. The summed E-state index contributed by atoms with van der Waals surface area (Å²) < 4.78 is 13.0. The topological polar surface area (TPSA) is 46.3 Å². The zero-order valence-corrected chi connectivity index (χ0v) is 14.8. The molecule has 130 valence electrons. The van der Waals surface area contributed by atoms with Gasteiger partial charge in [0.1, 0.15) is 5.82 Å². The van der Waals surface area contributed by atoms with Gasteiger partial charge in [0, 0.05) is 19.5 Å². The third-order valence-corrected chi connectivity index (χ3v) is 4.22. The zero-order chi connectivity index (χ0) is 16.8. The molecule has 5 heteroatoms. The van der Waals surface area contributed by atoms with Crippen LogP contribution in [0.25, 0.3) is 0 Å². The van der Waals surface area contributed by atoms with Crippen LogP contribution in [0.5, 0.6) is 0 Å². The van der Waals surface area contributed by atoms with Crippen LogP contribution < -0.4 is 5.73 Å². The predicted molar refractivity (Wildman–Crippen MR) is 97.4 cm³/mol. The fourth-order valence-corrected chi connectivity index (χ4v) is 2.50. The van der Waals surface area contributed by atoms with Crippen LogP contribution in [-0.4, -0.2) is 17.9 Å². The molecule has 2 rings (SSSR count). The van der Waals surface area contributed by atoms with Gasteiger partial charge in [0.2, 0.25) is 5.91 Å². The van der Waals surface area contributed by atoms with E-state index in [1.165, 1.54) is 12.1 Å².